The van der Waals surface area contributed by atoms with E-state index in [1.807, 2.05) is 13.0 Å². The Hall–Kier alpha value is -1.36. The normalized spacial score (nSPS) is 23.2. The highest BCUT2D eigenvalue weighted by atomic mass is 16.3. The van der Waals surface area contributed by atoms with Crippen molar-refractivity contribution in [3.63, 3.8) is 0 Å². The summed E-state index contributed by atoms with van der Waals surface area (Å²) in [5.74, 6) is 2.59. The average Bonchev–Trinajstić information content (AvgIpc) is 2.69. The van der Waals surface area contributed by atoms with Gasteiger partial charge in [0.2, 0.25) is 0 Å². The lowest BCUT2D eigenvalue weighted by Gasteiger charge is -2.24. The van der Waals surface area contributed by atoms with Gasteiger partial charge >= 0.3 is 0 Å². The lowest BCUT2D eigenvalue weighted by atomic mass is 9.96. The fourth-order valence-electron chi connectivity index (χ4n) is 2.34. The molecule has 1 unspecified atom stereocenters. The van der Waals surface area contributed by atoms with Gasteiger partial charge in [-0.2, -0.15) is 0 Å². The maximum atomic E-state index is 10.1. The number of nitrogens with zero attached hydrogens (tertiary/aromatic N) is 3. The van der Waals surface area contributed by atoms with E-state index in [4.69, 9.17) is 4.98 Å². The van der Waals surface area contributed by atoms with E-state index in [0.717, 1.165) is 37.0 Å². The summed E-state index contributed by atoms with van der Waals surface area (Å²) in [4.78, 5) is 11.4. The molecule has 2 N–H and O–H groups in total. The lowest BCUT2D eigenvalue weighted by molar-refractivity contribution is 0.0839. The molecule has 2 heterocycles. The van der Waals surface area contributed by atoms with Crippen LogP contribution in [0, 0.1) is 0 Å². The average molecular weight is 278 g/mol. The van der Waals surface area contributed by atoms with E-state index in [2.05, 4.69) is 42.9 Å². The maximum Gasteiger partial charge on any atom is 0.138 e. The summed E-state index contributed by atoms with van der Waals surface area (Å²) in [5.41, 5.74) is -0.715. The van der Waals surface area contributed by atoms with Gasteiger partial charge in [0.15, 0.2) is 0 Å². The molecular weight excluding hydrogens is 252 g/mol. The van der Waals surface area contributed by atoms with E-state index in [9.17, 15) is 5.11 Å². The highest BCUT2D eigenvalue weighted by Gasteiger charge is 2.33. The second-order valence-corrected chi connectivity index (χ2v) is 6.88. The Labute approximate surface area is 121 Å². The van der Waals surface area contributed by atoms with E-state index in [1.165, 1.54) is 0 Å². The van der Waals surface area contributed by atoms with Crippen molar-refractivity contribution in [2.24, 2.45) is 0 Å². The third-order valence-electron chi connectivity index (χ3n) is 3.52. The molecule has 20 heavy (non-hydrogen) atoms. The predicted molar refractivity (Wildman–Crippen MR) is 82.3 cm³/mol. The van der Waals surface area contributed by atoms with Gasteiger partial charge < -0.3 is 15.3 Å². The molecule has 1 aliphatic rings. The second-order valence-electron chi connectivity index (χ2n) is 6.88. The van der Waals surface area contributed by atoms with E-state index in [0.29, 0.717) is 6.54 Å². The molecule has 1 saturated heterocycles. The second kappa shape index (κ2) is 5.20. The van der Waals surface area contributed by atoms with Crippen LogP contribution in [0.1, 0.15) is 46.9 Å². The van der Waals surface area contributed by atoms with E-state index >= 15 is 0 Å². The van der Waals surface area contributed by atoms with Crippen molar-refractivity contribution in [2.75, 3.05) is 29.9 Å². The summed E-state index contributed by atoms with van der Waals surface area (Å²) < 4.78 is 0. The van der Waals surface area contributed by atoms with E-state index in [-0.39, 0.29) is 5.41 Å². The van der Waals surface area contributed by atoms with Gasteiger partial charge in [-0.25, -0.2) is 9.97 Å². The Morgan fingerprint density at radius 1 is 1.40 bits per heavy atom. The minimum absolute atomic E-state index is 0.0948. The zero-order valence-electron chi connectivity index (χ0n) is 13.2. The molecule has 0 spiro atoms. The largest absolute Gasteiger partial charge is 0.388 e. The number of nitrogens with one attached hydrogen (secondary N) is 1. The molecular formula is C15H26N4O. The van der Waals surface area contributed by atoms with Crippen molar-refractivity contribution in [2.45, 2.75) is 52.1 Å². The zero-order chi connectivity index (χ0) is 15.0. The molecule has 5 nitrogen and oxygen atoms in total. The molecule has 0 aliphatic carbocycles. The van der Waals surface area contributed by atoms with Crippen molar-refractivity contribution in [3.05, 3.63) is 11.9 Å². The summed E-state index contributed by atoms with van der Waals surface area (Å²) in [6.45, 7) is 12.6. The molecule has 0 amide bonds. The Morgan fingerprint density at radius 3 is 2.60 bits per heavy atom. The van der Waals surface area contributed by atoms with Crippen LogP contribution in [0.2, 0.25) is 0 Å². The van der Waals surface area contributed by atoms with Crippen LogP contribution in [0.4, 0.5) is 11.6 Å². The Bertz CT molecular complexity index is 479. The Morgan fingerprint density at radius 2 is 2.10 bits per heavy atom. The molecule has 1 aromatic heterocycles. The summed E-state index contributed by atoms with van der Waals surface area (Å²) in [6.07, 6.45) is 0.776. The quantitative estimate of drug-likeness (QED) is 0.887. The predicted octanol–water partition coefficient (Wildman–Crippen LogP) is 2.17. The number of hydrogen-bond acceptors (Lipinski definition) is 5. The number of β-amino-alcohol motifs (C(OH)–C–C–N with tert-alkyl or cyclic N) is 1. The van der Waals surface area contributed by atoms with Gasteiger partial charge in [0, 0.05) is 31.1 Å². The molecule has 1 fully saturated rings. The summed E-state index contributed by atoms with van der Waals surface area (Å²) in [6, 6.07) is 1.97. The van der Waals surface area contributed by atoms with Crippen LogP contribution in [0.5, 0.6) is 0 Å². The van der Waals surface area contributed by atoms with Crippen molar-refractivity contribution < 1.29 is 5.11 Å². The zero-order valence-corrected chi connectivity index (χ0v) is 13.2. The van der Waals surface area contributed by atoms with Gasteiger partial charge in [0.1, 0.15) is 17.5 Å². The van der Waals surface area contributed by atoms with Crippen LogP contribution in [-0.4, -0.2) is 40.3 Å². The van der Waals surface area contributed by atoms with Gasteiger partial charge in [0.05, 0.1) is 5.60 Å². The first kappa shape index (κ1) is 15.0. The third kappa shape index (κ3) is 3.39. The van der Waals surface area contributed by atoms with Crippen LogP contribution >= 0.6 is 0 Å². The molecule has 0 bridgehead atoms. The molecule has 0 radical (unpaired) electrons. The minimum atomic E-state index is -0.620. The standard InChI is InChI=1S/C15H26N4O/c1-6-16-11-9-12(18-13(17-11)14(2,3)4)19-8-7-15(5,20)10-19/h9,20H,6-8,10H2,1-5H3,(H,16,17,18). The highest BCUT2D eigenvalue weighted by Crippen LogP contribution is 2.28. The molecule has 1 aliphatic heterocycles. The van der Waals surface area contributed by atoms with Gasteiger partial charge in [-0.1, -0.05) is 20.8 Å². The molecule has 0 saturated carbocycles. The van der Waals surface area contributed by atoms with Crippen LogP contribution in [0.15, 0.2) is 6.07 Å². The summed E-state index contributed by atoms with van der Waals surface area (Å²) in [7, 11) is 0. The first-order valence-electron chi connectivity index (χ1n) is 7.32. The minimum Gasteiger partial charge on any atom is -0.388 e. The monoisotopic (exact) mass is 278 g/mol. The molecule has 1 atom stereocenters. The van der Waals surface area contributed by atoms with Crippen molar-refractivity contribution >= 4 is 11.6 Å². The smallest absolute Gasteiger partial charge is 0.138 e. The molecule has 2 rings (SSSR count). The highest BCUT2D eigenvalue weighted by molar-refractivity contribution is 5.51. The van der Waals surface area contributed by atoms with E-state index < -0.39 is 5.60 Å². The van der Waals surface area contributed by atoms with Crippen LogP contribution < -0.4 is 10.2 Å². The van der Waals surface area contributed by atoms with Gasteiger partial charge in [-0.3, -0.25) is 0 Å². The van der Waals surface area contributed by atoms with Crippen molar-refractivity contribution in [1.82, 2.24) is 9.97 Å². The molecule has 1 aromatic rings. The summed E-state index contributed by atoms with van der Waals surface area (Å²) in [5, 5.41) is 13.4. The Balaban J connectivity index is 2.35. The summed E-state index contributed by atoms with van der Waals surface area (Å²) >= 11 is 0. The van der Waals surface area contributed by atoms with Gasteiger partial charge in [-0.15, -0.1) is 0 Å². The first-order valence-corrected chi connectivity index (χ1v) is 7.32. The van der Waals surface area contributed by atoms with Gasteiger partial charge in [0.25, 0.3) is 0 Å². The maximum absolute atomic E-state index is 10.1. The number of aliphatic hydroxyl groups is 1. The number of rotatable bonds is 3. The van der Waals surface area contributed by atoms with Crippen molar-refractivity contribution in [3.8, 4) is 0 Å². The third-order valence-corrected chi connectivity index (χ3v) is 3.52. The van der Waals surface area contributed by atoms with Crippen LogP contribution in [0.25, 0.3) is 0 Å². The Kier molecular flexibility index (Phi) is 3.91. The first-order chi connectivity index (χ1) is 9.21. The SMILES string of the molecule is CCNc1cc(N2CCC(C)(O)C2)nc(C(C)(C)C)n1. The van der Waals surface area contributed by atoms with Gasteiger partial charge in [-0.05, 0) is 20.3 Å². The van der Waals surface area contributed by atoms with E-state index in [1.54, 1.807) is 0 Å². The fraction of sp³-hybridized carbons (Fsp3) is 0.733. The number of aromatic nitrogens is 2. The fourth-order valence-corrected chi connectivity index (χ4v) is 2.34. The topological polar surface area (TPSA) is 61.3 Å². The number of anilines is 2. The van der Waals surface area contributed by atoms with Crippen LogP contribution in [-0.2, 0) is 5.41 Å². The lowest BCUT2D eigenvalue weighted by Crippen LogP contribution is -2.30. The molecule has 112 valence electrons. The van der Waals surface area contributed by atoms with Crippen LogP contribution in [0.3, 0.4) is 0 Å². The van der Waals surface area contributed by atoms with Crippen molar-refractivity contribution in [1.29, 1.82) is 0 Å². The molecule has 5 heteroatoms. The number of hydrogen-bond donors (Lipinski definition) is 2. The molecule has 0 aromatic carbocycles.